The van der Waals surface area contributed by atoms with Crippen LogP contribution in [0, 0.1) is 50.2 Å². The highest BCUT2D eigenvalue weighted by molar-refractivity contribution is 5.36. The molecule has 0 aromatic carbocycles. The summed E-state index contributed by atoms with van der Waals surface area (Å²) in [5.41, 5.74) is -3.36. The van der Waals surface area contributed by atoms with Crippen molar-refractivity contribution >= 4 is 0 Å². The van der Waals surface area contributed by atoms with Crippen LogP contribution in [0.15, 0.2) is 12.2 Å². The quantitative estimate of drug-likeness (QED) is 0.0883. The first kappa shape index (κ1) is 50.9. The van der Waals surface area contributed by atoms with Gasteiger partial charge in [-0.2, -0.15) is 0 Å². The van der Waals surface area contributed by atoms with Crippen molar-refractivity contribution in [2.24, 2.45) is 50.2 Å². The first-order valence-electron chi connectivity index (χ1n) is 24.6. The molecule has 4 heterocycles. The fourth-order valence-electron chi connectivity index (χ4n) is 15.8. The summed E-state index contributed by atoms with van der Waals surface area (Å²) in [6, 6.07) is 0. The molecule has 0 aromatic rings. The summed E-state index contributed by atoms with van der Waals surface area (Å²) in [7, 11) is 0. The third-order valence-electron chi connectivity index (χ3n) is 20.3. The van der Waals surface area contributed by atoms with Crippen molar-refractivity contribution in [2.75, 3.05) is 33.0 Å². The van der Waals surface area contributed by atoms with E-state index in [1.807, 2.05) is 6.92 Å². The minimum atomic E-state index is -1.89. The van der Waals surface area contributed by atoms with E-state index in [-0.39, 0.29) is 52.6 Å². The second-order valence-corrected chi connectivity index (χ2v) is 23.6. The van der Waals surface area contributed by atoms with Gasteiger partial charge in [-0.15, -0.1) is 0 Å². The molecule has 4 saturated carbocycles. The molecule has 9 rings (SSSR count). The second kappa shape index (κ2) is 17.6. The molecular weight excluding hydrogens is 881 g/mol. The Kier molecular flexibility index (Phi) is 13.4. The molecule has 384 valence electrons. The second-order valence-electron chi connectivity index (χ2n) is 23.6. The number of aliphatic hydroxyl groups excluding tert-OH is 12. The standard InChI is InChI=1S/C48H78O19/c1-22-30(54)37(66-39-35(59)33(57)31(55)23(17-49)63-39)38(67-40-36(60)34(58)32(56)24(18-50)64-40)41(62-22)65-29-9-10-43(3)25(44(29,4)20-52)7-11-45(5)26(43)8-12-48-27-15-42(2,19-51)13-14-47(27,21-61-48)28(53)16-46(45,48)6/h8,12,22-41,49-60H,7,9-11,13-21H2,1-6H3/t22-,23-,24-,25-,26-,27-,28+,29+,30+,31-,32-,33+,34+,35-,36-,37+,38-,39+,40+,41+,42+,43+,44+,45-,46+,47-,48+/m1/s1. The molecule has 19 nitrogen and oxygen atoms in total. The summed E-state index contributed by atoms with van der Waals surface area (Å²) < 4.78 is 44.3. The summed E-state index contributed by atoms with van der Waals surface area (Å²) >= 11 is 0. The van der Waals surface area contributed by atoms with E-state index in [9.17, 15) is 61.3 Å². The molecule has 0 aromatic heterocycles. The van der Waals surface area contributed by atoms with E-state index in [1.165, 1.54) is 0 Å². The number of hydrogen-bond donors (Lipinski definition) is 12. The lowest BCUT2D eigenvalue weighted by atomic mass is 9.32. The molecule has 1 spiro atoms. The molecule has 12 N–H and O–H groups in total. The Balaban J connectivity index is 1.03. The average molecular weight is 959 g/mol. The number of rotatable bonds is 10. The monoisotopic (exact) mass is 959 g/mol. The summed E-state index contributed by atoms with van der Waals surface area (Å²) in [5.74, 6) is -0.0714. The van der Waals surface area contributed by atoms with Gasteiger partial charge in [0.05, 0.1) is 50.3 Å². The maximum Gasteiger partial charge on any atom is 0.187 e. The van der Waals surface area contributed by atoms with Crippen molar-refractivity contribution in [1.29, 1.82) is 0 Å². The van der Waals surface area contributed by atoms with Crippen LogP contribution in [-0.2, 0) is 33.2 Å². The Morgan fingerprint density at radius 2 is 1.21 bits per heavy atom. The van der Waals surface area contributed by atoms with E-state index in [1.54, 1.807) is 6.92 Å². The van der Waals surface area contributed by atoms with Crippen LogP contribution in [0.25, 0.3) is 0 Å². The third-order valence-corrected chi connectivity index (χ3v) is 20.3. The Bertz CT molecular complexity index is 1820. The van der Waals surface area contributed by atoms with Crippen LogP contribution in [0.5, 0.6) is 0 Å². The van der Waals surface area contributed by atoms with Crippen molar-refractivity contribution in [3.63, 3.8) is 0 Å². The zero-order valence-corrected chi connectivity index (χ0v) is 39.6. The fourth-order valence-corrected chi connectivity index (χ4v) is 15.8. The van der Waals surface area contributed by atoms with Crippen molar-refractivity contribution in [1.82, 2.24) is 0 Å². The number of fused-ring (bicyclic) bond motifs is 4. The molecule has 27 atom stereocenters. The van der Waals surface area contributed by atoms with E-state index in [0.29, 0.717) is 32.3 Å². The first-order chi connectivity index (χ1) is 31.5. The van der Waals surface area contributed by atoms with Gasteiger partial charge in [-0.3, -0.25) is 0 Å². The average Bonchev–Trinajstić information content (AvgIpc) is 3.58. The third kappa shape index (κ3) is 7.22. The number of allylic oxidation sites excluding steroid dienone is 1. The molecule has 0 amide bonds. The molecule has 19 heteroatoms. The van der Waals surface area contributed by atoms with Crippen LogP contribution in [0.3, 0.4) is 0 Å². The van der Waals surface area contributed by atoms with Gasteiger partial charge in [0.25, 0.3) is 0 Å². The van der Waals surface area contributed by atoms with Gasteiger partial charge in [0.15, 0.2) is 18.9 Å². The predicted molar refractivity (Wildman–Crippen MR) is 231 cm³/mol. The topological polar surface area (TPSA) is 307 Å². The molecule has 67 heavy (non-hydrogen) atoms. The van der Waals surface area contributed by atoms with Gasteiger partial charge in [0, 0.05) is 28.8 Å². The van der Waals surface area contributed by atoms with Gasteiger partial charge < -0.3 is 94.4 Å². The predicted octanol–water partition coefficient (Wildman–Crippen LogP) is -1.43. The SMILES string of the molecule is C[C@H]1O[C@@H](O[C@H]2CC[C@@]3(C)[C@@H](CC[C@]4(C)[C@@H]3C=C[C@]35OC[C@@]6(CC[C@](C)(CO)C[C@H]63)[C@@H](O)C[C@]54C)[C@]2(C)CO)[C@H](O[C@@H]2O[C@H](CO)[C@@H](O)[C@H](O)[C@H]2O)[C@@H](O[C@@H]2O[C@H](CO)[C@@H](O)[C@H](O)[C@H]2O)[C@H]1O. The van der Waals surface area contributed by atoms with Gasteiger partial charge >= 0.3 is 0 Å². The van der Waals surface area contributed by atoms with Gasteiger partial charge in [-0.25, -0.2) is 0 Å². The number of ether oxygens (including phenoxy) is 7. The summed E-state index contributed by atoms with van der Waals surface area (Å²) in [5, 5.41) is 131. The first-order valence-corrected chi connectivity index (χ1v) is 24.6. The molecule has 8 fully saturated rings. The van der Waals surface area contributed by atoms with E-state index in [2.05, 4.69) is 39.8 Å². The van der Waals surface area contributed by atoms with Crippen molar-refractivity contribution < 1.29 is 94.4 Å². The minimum absolute atomic E-state index is 0.0117. The molecule has 5 aliphatic carbocycles. The van der Waals surface area contributed by atoms with E-state index < -0.39 is 134 Å². The van der Waals surface area contributed by atoms with Gasteiger partial charge in [-0.05, 0) is 86.4 Å². The highest BCUT2D eigenvalue weighted by Crippen LogP contribution is 2.79. The normalized spacial score (nSPS) is 59.5. The van der Waals surface area contributed by atoms with E-state index >= 15 is 0 Å². The molecule has 4 saturated heterocycles. The lowest BCUT2D eigenvalue weighted by Gasteiger charge is -2.73. The van der Waals surface area contributed by atoms with Crippen molar-refractivity contribution in [3.8, 4) is 0 Å². The van der Waals surface area contributed by atoms with Crippen LogP contribution in [0.2, 0.25) is 0 Å². The van der Waals surface area contributed by atoms with Crippen molar-refractivity contribution in [2.45, 2.75) is 203 Å². The molecule has 2 bridgehead atoms. The summed E-state index contributed by atoms with van der Waals surface area (Å²) in [6.07, 6.45) is -15.5. The zero-order chi connectivity index (χ0) is 48.6. The summed E-state index contributed by atoms with van der Waals surface area (Å²) in [4.78, 5) is 0. The highest BCUT2D eigenvalue weighted by Gasteiger charge is 2.79. The molecule has 4 aliphatic heterocycles. The Morgan fingerprint density at radius 1 is 0.597 bits per heavy atom. The largest absolute Gasteiger partial charge is 0.396 e. The van der Waals surface area contributed by atoms with Crippen LogP contribution in [-0.4, -0.2) is 204 Å². The Morgan fingerprint density at radius 3 is 1.79 bits per heavy atom. The van der Waals surface area contributed by atoms with Crippen LogP contribution < -0.4 is 0 Å². The van der Waals surface area contributed by atoms with Gasteiger partial charge in [0.2, 0.25) is 0 Å². The maximum absolute atomic E-state index is 12.3. The van der Waals surface area contributed by atoms with Gasteiger partial charge in [0.1, 0.15) is 67.1 Å². The molecule has 0 radical (unpaired) electrons. The lowest BCUT2D eigenvalue weighted by Crippen LogP contribution is -2.73. The molecule has 0 unspecified atom stereocenters. The molecular formula is C48H78O19. The molecule has 9 aliphatic rings. The van der Waals surface area contributed by atoms with Crippen LogP contribution in [0.4, 0.5) is 0 Å². The smallest absolute Gasteiger partial charge is 0.187 e. The van der Waals surface area contributed by atoms with Gasteiger partial charge in [-0.1, -0.05) is 46.8 Å². The zero-order valence-electron chi connectivity index (χ0n) is 39.6. The maximum atomic E-state index is 12.3. The Hall–Kier alpha value is -1.02. The summed E-state index contributed by atoms with van der Waals surface area (Å²) in [6.45, 7) is 11.4. The van der Waals surface area contributed by atoms with Crippen molar-refractivity contribution in [3.05, 3.63) is 12.2 Å². The lowest BCUT2D eigenvalue weighted by molar-refractivity contribution is -0.398. The van der Waals surface area contributed by atoms with Crippen LogP contribution in [0.1, 0.15) is 92.9 Å². The highest BCUT2D eigenvalue weighted by atomic mass is 16.8. The van der Waals surface area contributed by atoms with E-state index in [4.69, 9.17) is 33.2 Å². The van der Waals surface area contributed by atoms with E-state index in [0.717, 1.165) is 25.7 Å². The fraction of sp³-hybridized carbons (Fsp3) is 0.958. The number of hydrogen-bond acceptors (Lipinski definition) is 19. The Labute approximate surface area is 391 Å². The van der Waals surface area contributed by atoms with Crippen LogP contribution >= 0.6 is 0 Å². The minimum Gasteiger partial charge on any atom is -0.396 e. The number of aliphatic hydroxyl groups is 12.